The Hall–Kier alpha value is -1.93. The molecule has 0 atom stereocenters. The molecule has 0 aliphatic rings. The first-order valence-corrected chi connectivity index (χ1v) is 5.16. The molecule has 2 rings (SSSR count). The molecule has 82 valence electrons. The number of hydrogen-bond donors (Lipinski definition) is 1. The number of nitriles is 1. The smallest absolute Gasteiger partial charge is 0.172 e. The van der Waals surface area contributed by atoms with Crippen LogP contribution in [-0.2, 0) is 6.54 Å². The molecule has 0 spiro atoms. The van der Waals surface area contributed by atoms with E-state index in [0.29, 0.717) is 17.3 Å². The third-order valence-corrected chi connectivity index (χ3v) is 2.24. The SMILES string of the molecule is CC(C)NCc1cnc2c(C#N)cnn2c1. The first-order valence-electron chi connectivity index (χ1n) is 5.16. The van der Waals surface area contributed by atoms with Crippen LogP contribution in [0.2, 0.25) is 0 Å². The van der Waals surface area contributed by atoms with E-state index >= 15 is 0 Å². The molecule has 0 fully saturated rings. The van der Waals surface area contributed by atoms with Crippen molar-refractivity contribution >= 4 is 5.65 Å². The standard InChI is InChI=1S/C11H13N5/c1-8(2)13-4-9-5-14-11-10(3-12)6-15-16(11)7-9/h5-8,13H,4H2,1-2H3. The Kier molecular flexibility index (Phi) is 2.84. The molecule has 0 aromatic carbocycles. The topological polar surface area (TPSA) is 66.0 Å². The zero-order valence-corrected chi connectivity index (χ0v) is 9.31. The zero-order chi connectivity index (χ0) is 11.5. The van der Waals surface area contributed by atoms with Crippen LogP contribution in [0, 0.1) is 11.3 Å². The van der Waals surface area contributed by atoms with Gasteiger partial charge in [0.25, 0.3) is 0 Å². The molecule has 0 amide bonds. The summed E-state index contributed by atoms with van der Waals surface area (Å²) in [6.07, 6.45) is 5.19. The molecule has 0 unspecified atom stereocenters. The highest BCUT2D eigenvalue weighted by atomic mass is 15.2. The van der Waals surface area contributed by atoms with Gasteiger partial charge in [-0.3, -0.25) is 0 Å². The highest BCUT2D eigenvalue weighted by Gasteiger charge is 2.05. The summed E-state index contributed by atoms with van der Waals surface area (Å²) in [4.78, 5) is 4.23. The van der Waals surface area contributed by atoms with Crippen LogP contribution < -0.4 is 5.32 Å². The van der Waals surface area contributed by atoms with Crippen LogP contribution >= 0.6 is 0 Å². The van der Waals surface area contributed by atoms with Crippen LogP contribution in [-0.4, -0.2) is 20.6 Å². The van der Waals surface area contributed by atoms with Gasteiger partial charge in [0.05, 0.1) is 6.20 Å². The minimum atomic E-state index is 0.433. The Bertz CT molecular complexity index is 535. The molecule has 0 saturated carbocycles. The molecule has 0 aliphatic heterocycles. The Labute approximate surface area is 93.7 Å². The number of hydrogen-bond acceptors (Lipinski definition) is 4. The van der Waals surface area contributed by atoms with Crippen LogP contribution in [0.4, 0.5) is 0 Å². The van der Waals surface area contributed by atoms with E-state index < -0.39 is 0 Å². The average Bonchev–Trinajstić information content (AvgIpc) is 2.68. The number of aromatic nitrogens is 3. The number of nitrogens with zero attached hydrogens (tertiary/aromatic N) is 4. The van der Waals surface area contributed by atoms with E-state index in [1.165, 1.54) is 6.20 Å². The van der Waals surface area contributed by atoms with Gasteiger partial charge in [0.1, 0.15) is 11.6 Å². The summed E-state index contributed by atoms with van der Waals surface area (Å²) in [5, 5.41) is 16.2. The molecule has 1 N–H and O–H groups in total. The Balaban J connectivity index is 2.28. The molecule has 0 radical (unpaired) electrons. The third-order valence-electron chi connectivity index (χ3n) is 2.24. The van der Waals surface area contributed by atoms with Gasteiger partial charge in [-0.25, -0.2) is 9.50 Å². The van der Waals surface area contributed by atoms with Gasteiger partial charge in [-0.05, 0) is 0 Å². The molecule has 0 aliphatic carbocycles. The predicted molar refractivity (Wildman–Crippen MR) is 59.7 cm³/mol. The molecule has 0 bridgehead atoms. The average molecular weight is 215 g/mol. The Morgan fingerprint density at radius 2 is 2.31 bits per heavy atom. The second-order valence-electron chi connectivity index (χ2n) is 3.94. The van der Waals surface area contributed by atoms with Crippen LogP contribution in [0.25, 0.3) is 5.65 Å². The molecule has 0 saturated heterocycles. The van der Waals surface area contributed by atoms with Crippen molar-refractivity contribution in [3.63, 3.8) is 0 Å². The van der Waals surface area contributed by atoms with Gasteiger partial charge in [-0.1, -0.05) is 13.8 Å². The lowest BCUT2D eigenvalue weighted by Gasteiger charge is -2.07. The van der Waals surface area contributed by atoms with Crippen molar-refractivity contribution in [2.24, 2.45) is 0 Å². The second-order valence-corrected chi connectivity index (χ2v) is 3.94. The minimum absolute atomic E-state index is 0.433. The highest BCUT2D eigenvalue weighted by molar-refractivity contribution is 5.53. The Morgan fingerprint density at radius 1 is 1.50 bits per heavy atom. The third kappa shape index (κ3) is 2.02. The summed E-state index contributed by atoms with van der Waals surface area (Å²) in [5.74, 6) is 0. The van der Waals surface area contributed by atoms with Crippen LogP contribution in [0.1, 0.15) is 25.0 Å². The normalized spacial score (nSPS) is 10.9. The van der Waals surface area contributed by atoms with Crippen LogP contribution in [0.3, 0.4) is 0 Å². The zero-order valence-electron chi connectivity index (χ0n) is 9.31. The van der Waals surface area contributed by atoms with Gasteiger partial charge in [-0.2, -0.15) is 10.4 Å². The van der Waals surface area contributed by atoms with Crippen molar-refractivity contribution < 1.29 is 0 Å². The molecular weight excluding hydrogens is 202 g/mol. The largest absolute Gasteiger partial charge is 0.310 e. The molecule has 2 aromatic heterocycles. The van der Waals surface area contributed by atoms with Gasteiger partial charge in [0.15, 0.2) is 5.65 Å². The highest BCUT2D eigenvalue weighted by Crippen LogP contribution is 2.07. The van der Waals surface area contributed by atoms with Crippen molar-refractivity contribution in [3.05, 3.63) is 29.7 Å². The van der Waals surface area contributed by atoms with Crippen LogP contribution in [0.15, 0.2) is 18.6 Å². The molecule has 5 nitrogen and oxygen atoms in total. The van der Waals surface area contributed by atoms with Gasteiger partial charge >= 0.3 is 0 Å². The lowest BCUT2D eigenvalue weighted by molar-refractivity contribution is 0.586. The molecule has 16 heavy (non-hydrogen) atoms. The summed E-state index contributed by atoms with van der Waals surface area (Å²) in [5.41, 5.74) is 2.16. The van der Waals surface area contributed by atoms with Gasteiger partial charge in [0, 0.05) is 30.5 Å². The minimum Gasteiger partial charge on any atom is -0.310 e. The van der Waals surface area contributed by atoms with Crippen LogP contribution in [0.5, 0.6) is 0 Å². The van der Waals surface area contributed by atoms with Gasteiger partial charge in [0.2, 0.25) is 0 Å². The van der Waals surface area contributed by atoms with E-state index in [0.717, 1.165) is 12.1 Å². The molecule has 2 heterocycles. The quantitative estimate of drug-likeness (QED) is 0.832. The fourth-order valence-electron chi connectivity index (χ4n) is 1.41. The van der Waals surface area contributed by atoms with E-state index in [4.69, 9.17) is 5.26 Å². The van der Waals surface area contributed by atoms with Crippen molar-refractivity contribution in [3.8, 4) is 6.07 Å². The summed E-state index contributed by atoms with van der Waals surface area (Å²) in [6, 6.07) is 2.49. The monoisotopic (exact) mass is 215 g/mol. The lowest BCUT2D eigenvalue weighted by Crippen LogP contribution is -2.22. The van der Waals surface area contributed by atoms with E-state index in [1.807, 2.05) is 6.20 Å². The molecule has 5 heteroatoms. The van der Waals surface area contributed by atoms with Crippen molar-refractivity contribution in [1.82, 2.24) is 19.9 Å². The second kappa shape index (κ2) is 4.29. The molecular formula is C11H13N5. The first kappa shape index (κ1) is 10.6. The van der Waals surface area contributed by atoms with Gasteiger partial charge in [-0.15, -0.1) is 0 Å². The predicted octanol–water partition coefficient (Wildman–Crippen LogP) is 1.10. The van der Waals surface area contributed by atoms with E-state index in [1.54, 1.807) is 10.7 Å². The number of rotatable bonds is 3. The fraction of sp³-hybridized carbons (Fsp3) is 0.364. The molecule has 2 aromatic rings. The van der Waals surface area contributed by atoms with Crippen molar-refractivity contribution in [2.75, 3.05) is 0 Å². The summed E-state index contributed by atoms with van der Waals surface area (Å²) < 4.78 is 1.63. The Morgan fingerprint density at radius 3 is 3.00 bits per heavy atom. The fourth-order valence-corrected chi connectivity index (χ4v) is 1.41. The van der Waals surface area contributed by atoms with Crippen molar-refractivity contribution in [1.29, 1.82) is 5.26 Å². The number of fused-ring (bicyclic) bond motifs is 1. The number of nitrogens with one attached hydrogen (secondary N) is 1. The lowest BCUT2D eigenvalue weighted by atomic mass is 10.3. The van der Waals surface area contributed by atoms with Crippen molar-refractivity contribution in [2.45, 2.75) is 26.4 Å². The summed E-state index contributed by atoms with van der Waals surface area (Å²) in [6.45, 7) is 4.93. The van der Waals surface area contributed by atoms with E-state index in [9.17, 15) is 0 Å². The maximum atomic E-state index is 8.81. The van der Waals surface area contributed by atoms with E-state index in [-0.39, 0.29) is 0 Å². The first-order chi connectivity index (χ1) is 7.70. The summed E-state index contributed by atoms with van der Waals surface area (Å²) in [7, 11) is 0. The maximum Gasteiger partial charge on any atom is 0.172 e. The summed E-state index contributed by atoms with van der Waals surface area (Å²) >= 11 is 0. The maximum absolute atomic E-state index is 8.81. The van der Waals surface area contributed by atoms with E-state index in [2.05, 4.69) is 35.3 Å². The van der Waals surface area contributed by atoms with Gasteiger partial charge < -0.3 is 5.32 Å².